The van der Waals surface area contributed by atoms with Crippen LogP contribution in [0.3, 0.4) is 0 Å². The van der Waals surface area contributed by atoms with E-state index in [-0.39, 0.29) is 5.75 Å². The van der Waals surface area contributed by atoms with Gasteiger partial charge in [0.1, 0.15) is 5.75 Å². The van der Waals surface area contributed by atoms with Crippen molar-refractivity contribution in [3.8, 4) is 5.75 Å². The minimum absolute atomic E-state index is 0.199. The minimum atomic E-state index is -2.76. The summed E-state index contributed by atoms with van der Waals surface area (Å²) in [6.07, 6.45) is 2.28. The Labute approximate surface area is 101 Å². The van der Waals surface area contributed by atoms with Gasteiger partial charge in [0.25, 0.3) is 0 Å². The molecule has 0 saturated heterocycles. The number of hydrogen-bond acceptors (Lipinski definition) is 2. The Morgan fingerprint density at radius 3 is 2.41 bits per heavy atom. The van der Waals surface area contributed by atoms with Crippen LogP contribution in [0.25, 0.3) is 0 Å². The summed E-state index contributed by atoms with van der Waals surface area (Å²) in [5.41, 5.74) is 1.06. The van der Waals surface area contributed by atoms with Crippen molar-refractivity contribution in [1.82, 2.24) is 5.32 Å². The van der Waals surface area contributed by atoms with E-state index in [1.807, 2.05) is 0 Å². The molecule has 0 fully saturated rings. The number of rotatable bonds is 7. The van der Waals surface area contributed by atoms with E-state index in [9.17, 15) is 8.78 Å². The molecular weight excluding hydrogens is 224 g/mol. The van der Waals surface area contributed by atoms with Gasteiger partial charge in [-0.15, -0.1) is 0 Å². The van der Waals surface area contributed by atoms with Gasteiger partial charge in [-0.1, -0.05) is 25.5 Å². The summed E-state index contributed by atoms with van der Waals surface area (Å²) >= 11 is 0. The Kier molecular flexibility index (Phi) is 5.91. The maximum absolute atomic E-state index is 11.9. The molecule has 0 heterocycles. The number of halogens is 2. The Bertz CT molecular complexity index is 314. The molecule has 1 aromatic carbocycles. The molecule has 0 spiro atoms. The standard InChI is InChI=1S/C13H19F2NO/c1-3-4-10(2)16-9-11-5-7-12(8-6-11)17-13(14)15/h5-8,10,13,16H,3-4,9H2,1-2H3. The largest absolute Gasteiger partial charge is 0.435 e. The summed E-state index contributed by atoms with van der Waals surface area (Å²) in [5, 5.41) is 3.37. The molecule has 2 nitrogen and oxygen atoms in total. The first-order valence-corrected chi connectivity index (χ1v) is 5.89. The van der Waals surface area contributed by atoms with Crippen LogP contribution in [0.4, 0.5) is 8.78 Å². The number of nitrogens with one attached hydrogen (secondary N) is 1. The van der Waals surface area contributed by atoms with Crippen LogP contribution in [-0.2, 0) is 6.54 Å². The molecule has 4 heteroatoms. The summed E-state index contributed by atoms with van der Waals surface area (Å²) in [7, 11) is 0. The second kappa shape index (κ2) is 7.22. The fourth-order valence-electron chi connectivity index (χ4n) is 1.62. The van der Waals surface area contributed by atoms with Crippen molar-refractivity contribution in [1.29, 1.82) is 0 Å². The van der Waals surface area contributed by atoms with Gasteiger partial charge in [-0.3, -0.25) is 0 Å². The summed E-state index contributed by atoms with van der Waals surface area (Å²) < 4.78 is 28.1. The van der Waals surface area contributed by atoms with Crippen LogP contribution in [0.1, 0.15) is 32.3 Å². The zero-order chi connectivity index (χ0) is 12.7. The molecule has 0 saturated carbocycles. The van der Waals surface area contributed by atoms with Crippen molar-refractivity contribution in [2.45, 2.75) is 45.9 Å². The lowest BCUT2D eigenvalue weighted by molar-refractivity contribution is -0.0498. The van der Waals surface area contributed by atoms with Gasteiger partial charge in [0.15, 0.2) is 0 Å². The van der Waals surface area contributed by atoms with E-state index >= 15 is 0 Å². The van der Waals surface area contributed by atoms with Gasteiger partial charge in [-0.2, -0.15) is 8.78 Å². The average molecular weight is 243 g/mol. The number of alkyl halides is 2. The summed E-state index contributed by atoms with van der Waals surface area (Å²) in [4.78, 5) is 0. The van der Waals surface area contributed by atoms with E-state index in [1.165, 1.54) is 0 Å². The van der Waals surface area contributed by atoms with E-state index in [1.54, 1.807) is 24.3 Å². The molecule has 0 aliphatic carbocycles. The first kappa shape index (κ1) is 13.9. The van der Waals surface area contributed by atoms with Gasteiger partial charge in [0, 0.05) is 12.6 Å². The molecule has 17 heavy (non-hydrogen) atoms. The summed E-state index contributed by atoms with van der Waals surface area (Å²) in [6.45, 7) is 2.27. The molecule has 1 aromatic rings. The fraction of sp³-hybridized carbons (Fsp3) is 0.538. The second-order valence-corrected chi connectivity index (χ2v) is 4.09. The SMILES string of the molecule is CCCC(C)NCc1ccc(OC(F)F)cc1. The van der Waals surface area contributed by atoms with Crippen molar-refractivity contribution in [3.63, 3.8) is 0 Å². The monoisotopic (exact) mass is 243 g/mol. The van der Waals surface area contributed by atoms with E-state index in [0.717, 1.165) is 24.9 Å². The van der Waals surface area contributed by atoms with Crippen LogP contribution in [0.5, 0.6) is 5.75 Å². The predicted molar refractivity (Wildman–Crippen MR) is 64.3 cm³/mol. The van der Waals surface area contributed by atoms with Gasteiger partial charge < -0.3 is 10.1 Å². The van der Waals surface area contributed by atoms with Crippen molar-refractivity contribution >= 4 is 0 Å². The molecule has 0 bridgehead atoms. The van der Waals surface area contributed by atoms with E-state index in [0.29, 0.717) is 6.04 Å². The zero-order valence-electron chi connectivity index (χ0n) is 10.2. The Balaban J connectivity index is 2.40. The molecular formula is C13H19F2NO. The first-order valence-electron chi connectivity index (χ1n) is 5.89. The third-order valence-electron chi connectivity index (χ3n) is 2.52. The number of ether oxygens (including phenoxy) is 1. The van der Waals surface area contributed by atoms with E-state index < -0.39 is 6.61 Å². The highest BCUT2D eigenvalue weighted by Gasteiger charge is 2.04. The lowest BCUT2D eigenvalue weighted by Crippen LogP contribution is -2.25. The van der Waals surface area contributed by atoms with Gasteiger partial charge >= 0.3 is 6.61 Å². The molecule has 1 unspecified atom stereocenters. The van der Waals surface area contributed by atoms with Crippen molar-refractivity contribution in [3.05, 3.63) is 29.8 Å². The minimum Gasteiger partial charge on any atom is -0.435 e. The van der Waals surface area contributed by atoms with Crippen LogP contribution in [-0.4, -0.2) is 12.7 Å². The Hall–Kier alpha value is -1.16. The van der Waals surface area contributed by atoms with Crippen LogP contribution >= 0.6 is 0 Å². The highest BCUT2D eigenvalue weighted by molar-refractivity contribution is 5.27. The van der Waals surface area contributed by atoms with Crippen LogP contribution in [0, 0.1) is 0 Å². The fourth-order valence-corrected chi connectivity index (χ4v) is 1.62. The molecule has 0 aliphatic heterocycles. The lowest BCUT2D eigenvalue weighted by Gasteiger charge is -2.12. The van der Waals surface area contributed by atoms with Crippen molar-refractivity contribution in [2.24, 2.45) is 0 Å². The quantitative estimate of drug-likeness (QED) is 0.790. The molecule has 0 aliphatic rings. The maximum atomic E-state index is 11.9. The summed E-state index contributed by atoms with van der Waals surface area (Å²) in [6, 6.07) is 7.19. The van der Waals surface area contributed by atoms with Crippen LogP contribution < -0.4 is 10.1 Å². The number of hydrogen-bond donors (Lipinski definition) is 1. The van der Waals surface area contributed by atoms with Gasteiger partial charge in [-0.05, 0) is 31.0 Å². The highest BCUT2D eigenvalue weighted by Crippen LogP contribution is 2.14. The Morgan fingerprint density at radius 1 is 1.24 bits per heavy atom. The van der Waals surface area contributed by atoms with Crippen molar-refractivity contribution < 1.29 is 13.5 Å². The topological polar surface area (TPSA) is 21.3 Å². The maximum Gasteiger partial charge on any atom is 0.387 e. The first-order chi connectivity index (χ1) is 8.11. The lowest BCUT2D eigenvalue weighted by atomic mass is 10.1. The highest BCUT2D eigenvalue weighted by atomic mass is 19.3. The van der Waals surface area contributed by atoms with Gasteiger partial charge in [0.05, 0.1) is 0 Å². The molecule has 1 N–H and O–H groups in total. The van der Waals surface area contributed by atoms with Crippen molar-refractivity contribution in [2.75, 3.05) is 0 Å². The molecule has 1 rings (SSSR count). The normalized spacial score (nSPS) is 12.8. The average Bonchev–Trinajstić information content (AvgIpc) is 2.28. The van der Waals surface area contributed by atoms with E-state index in [4.69, 9.17) is 0 Å². The smallest absolute Gasteiger partial charge is 0.387 e. The third kappa shape index (κ3) is 5.63. The molecule has 0 amide bonds. The predicted octanol–water partition coefficient (Wildman–Crippen LogP) is 3.57. The number of benzene rings is 1. The third-order valence-corrected chi connectivity index (χ3v) is 2.52. The van der Waals surface area contributed by atoms with Crippen LogP contribution in [0.2, 0.25) is 0 Å². The Morgan fingerprint density at radius 2 is 1.88 bits per heavy atom. The van der Waals surface area contributed by atoms with Gasteiger partial charge in [-0.25, -0.2) is 0 Å². The zero-order valence-corrected chi connectivity index (χ0v) is 10.2. The van der Waals surface area contributed by atoms with Crippen LogP contribution in [0.15, 0.2) is 24.3 Å². The van der Waals surface area contributed by atoms with E-state index in [2.05, 4.69) is 23.9 Å². The molecule has 96 valence electrons. The van der Waals surface area contributed by atoms with Gasteiger partial charge in [0.2, 0.25) is 0 Å². The summed E-state index contributed by atoms with van der Waals surface area (Å²) in [5.74, 6) is 0.199. The molecule has 1 atom stereocenters. The second-order valence-electron chi connectivity index (χ2n) is 4.09. The molecule has 0 radical (unpaired) electrons. The molecule has 0 aromatic heterocycles.